The summed E-state index contributed by atoms with van der Waals surface area (Å²) in [6.45, 7) is 5.20. The average molecular weight is 422 g/mol. The topological polar surface area (TPSA) is 81.5 Å². The molecular weight excluding hydrogens is 399 g/mol. The van der Waals surface area contributed by atoms with Gasteiger partial charge in [-0.15, -0.1) is 0 Å². The molecule has 0 aliphatic carbocycles. The molecule has 0 amide bonds. The number of hydrogen-bond donors (Lipinski definition) is 0. The van der Waals surface area contributed by atoms with Gasteiger partial charge in [-0.25, -0.2) is 8.91 Å². The average Bonchev–Trinajstić information content (AvgIpc) is 3.40. The zero-order valence-electron chi connectivity index (χ0n) is 17.2. The van der Waals surface area contributed by atoms with Gasteiger partial charge in [0.05, 0.1) is 18.8 Å². The van der Waals surface area contributed by atoms with Crippen LogP contribution in [0.2, 0.25) is 0 Å². The van der Waals surface area contributed by atoms with Crippen LogP contribution in [0, 0.1) is 11.7 Å². The van der Waals surface area contributed by atoms with Crippen molar-refractivity contribution >= 4 is 5.52 Å². The van der Waals surface area contributed by atoms with Crippen molar-refractivity contribution in [2.45, 2.75) is 32.9 Å². The number of aromatic nitrogens is 5. The van der Waals surface area contributed by atoms with Crippen molar-refractivity contribution in [3.63, 3.8) is 0 Å². The van der Waals surface area contributed by atoms with Crippen LogP contribution in [-0.4, -0.2) is 42.3 Å². The van der Waals surface area contributed by atoms with Crippen molar-refractivity contribution in [2.24, 2.45) is 5.92 Å². The lowest BCUT2D eigenvalue weighted by atomic mass is 9.99. The van der Waals surface area contributed by atoms with E-state index < -0.39 is 0 Å². The van der Waals surface area contributed by atoms with Crippen LogP contribution in [0.25, 0.3) is 16.8 Å². The number of fused-ring (bicyclic) bond motifs is 1. The fourth-order valence-electron chi connectivity index (χ4n) is 3.89. The Kier molecular flexibility index (Phi) is 5.11. The highest BCUT2D eigenvalue weighted by Crippen LogP contribution is 2.19. The molecular formula is C22H23FN6O2. The van der Waals surface area contributed by atoms with Crippen molar-refractivity contribution in [2.75, 3.05) is 13.1 Å². The Morgan fingerprint density at radius 2 is 1.90 bits per heavy atom. The Balaban J connectivity index is 1.34. The normalized spacial score (nSPS) is 15.7. The third kappa shape index (κ3) is 4.13. The lowest BCUT2D eigenvalue weighted by Gasteiger charge is -2.28. The number of hydrogen-bond acceptors (Lipinski definition) is 6. The number of piperidine rings is 1. The fourth-order valence-corrected chi connectivity index (χ4v) is 3.89. The molecule has 1 aliphatic heterocycles. The van der Waals surface area contributed by atoms with Crippen molar-refractivity contribution < 1.29 is 8.91 Å². The quantitative estimate of drug-likeness (QED) is 0.492. The van der Waals surface area contributed by atoms with Crippen LogP contribution in [0.4, 0.5) is 4.39 Å². The molecule has 0 spiro atoms. The lowest BCUT2D eigenvalue weighted by molar-refractivity contribution is 0.165. The maximum Gasteiger partial charge on any atom is 0.277 e. The summed E-state index contributed by atoms with van der Waals surface area (Å²) in [6, 6.07) is 7.72. The third-order valence-electron chi connectivity index (χ3n) is 5.80. The zero-order valence-corrected chi connectivity index (χ0v) is 17.2. The number of halogens is 1. The number of benzene rings is 1. The molecule has 8 nitrogen and oxygen atoms in total. The zero-order chi connectivity index (χ0) is 21.4. The Bertz CT molecular complexity index is 1250. The first-order valence-corrected chi connectivity index (χ1v) is 10.4. The second-order valence-corrected chi connectivity index (χ2v) is 8.16. The van der Waals surface area contributed by atoms with E-state index in [-0.39, 0.29) is 17.9 Å². The van der Waals surface area contributed by atoms with Crippen LogP contribution in [0.15, 0.2) is 52.0 Å². The minimum absolute atomic E-state index is 0.209. The van der Waals surface area contributed by atoms with Gasteiger partial charge in [0, 0.05) is 18.0 Å². The van der Waals surface area contributed by atoms with Gasteiger partial charge in [-0.1, -0.05) is 12.1 Å². The Labute approximate surface area is 177 Å². The van der Waals surface area contributed by atoms with Crippen LogP contribution in [0.5, 0.6) is 0 Å². The largest absolute Gasteiger partial charge is 0.338 e. The minimum Gasteiger partial charge on any atom is -0.338 e. The van der Waals surface area contributed by atoms with E-state index in [0.29, 0.717) is 29.5 Å². The molecule has 0 N–H and O–H groups in total. The van der Waals surface area contributed by atoms with Gasteiger partial charge < -0.3 is 9.09 Å². The van der Waals surface area contributed by atoms with Gasteiger partial charge in [0.2, 0.25) is 5.89 Å². The van der Waals surface area contributed by atoms with Gasteiger partial charge >= 0.3 is 0 Å². The monoisotopic (exact) mass is 422 g/mol. The van der Waals surface area contributed by atoms with Crippen molar-refractivity contribution in [3.8, 4) is 11.3 Å². The number of rotatable bonds is 5. The molecule has 3 aromatic heterocycles. The highest BCUT2D eigenvalue weighted by Gasteiger charge is 2.18. The van der Waals surface area contributed by atoms with Gasteiger partial charge in [0.15, 0.2) is 5.82 Å². The SMILES string of the molecule is CC1CCN(Cc2nc(Cn3ccn4nc(-c5ccc(F)cc5)cc4c3=O)no2)CC1. The minimum atomic E-state index is -0.316. The Morgan fingerprint density at radius 3 is 2.68 bits per heavy atom. The second-order valence-electron chi connectivity index (χ2n) is 8.16. The summed E-state index contributed by atoms with van der Waals surface area (Å²) >= 11 is 0. The first-order chi connectivity index (χ1) is 15.0. The lowest BCUT2D eigenvalue weighted by Crippen LogP contribution is -2.32. The molecule has 31 heavy (non-hydrogen) atoms. The molecule has 0 bridgehead atoms. The van der Waals surface area contributed by atoms with E-state index in [2.05, 4.69) is 27.1 Å². The van der Waals surface area contributed by atoms with E-state index >= 15 is 0 Å². The maximum atomic E-state index is 13.2. The molecule has 0 saturated carbocycles. The van der Waals surface area contributed by atoms with Crippen LogP contribution in [0.1, 0.15) is 31.5 Å². The third-order valence-corrected chi connectivity index (χ3v) is 5.80. The smallest absolute Gasteiger partial charge is 0.277 e. The number of likely N-dealkylation sites (tertiary alicyclic amines) is 1. The summed E-state index contributed by atoms with van der Waals surface area (Å²) in [6.07, 6.45) is 5.72. The predicted molar refractivity (Wildman–Crippen MR) is 112 cm³/mol. The van der Waals surface area contributed by atoms with E-state index in [9.17, 15) is 9.18 Å². The fraction of sp³-hybridized carbons (Fsp3) is 0.364. The van der Waals surface area contributed by atoms with Gasteiger partial charge in [-0.3, -0.25) is 9.69 Å². The molecule has 0 unspecified atom stereocenters. The van der Waals surface area contributed by atoms with Crippen LogP contribution < -0.4 is 5.56 Å². The van der Waals surface area contributed by atoms with E-state index in [4.69, 9.17) is 4.52 Å². The highest BCUT2D eigenvalue weighted by molar-refractivity contribution is 5.65. The molecule has 4 aromatic rings. The molecule has 1 aliphatic rings. The summed E-state index contributed by atoms with van der Waals surface area (Å²) < 4.78 is 21.6. The molecule has 5 rings (SSSR count). The van der Waals surface area contributed by atoms with Crippen LogP contribution in [-0.2, 0) is 13.1 Å². The van der Waals surface area contributed by atoms with Crippen molar-refractivity contribution in [3.05, 3.63) is 70.6 Å². The standard InChI is InChI=1S/C22H23FN6O2/c1-15-6-8-27(9-7-15)14-21-24-20(26-31-21)13-28-10-11-29-19(22(28)30)12-18(25-29)16-2-4-17(23)5-3-16/h2-5,10-12,15H,6-9,13-14H2,1H3. The Morgan fingerprint density at radius 1 is 1.13 bits per heavy atom. The van der Waals surface area contributed by atoms with Crippen LogP contribution in [0.3, 0.4) is 0 Å². The molecule has 9 heteroatoms. The summed E-state index contributed by atoms with van der Waals surface area (Å²) in [7, 11) is 0. The molecule has 0 atom stereocenters. The maximum absolute atomic E-state index is 13.2. The second kappa shape index (κ2) is 8.07. The summed E-state index contributed by atoms with van der Waals surface area (Å²) in [5.41, 5.74) is 1.56. The van der Waals surface area contributed by atoms with Crippen LogP contribution >= 0.6 is 0 Å². The molecule has 1 saturated heterocycles. The van der Waals surface area contributed by atoms with Gasteiger partial charge in [-0.05, 0) is 62.2 Å². The summed E-state index contributed by atoms with van der Waals surface area (Å²) in [4.78, 5) is 19.7. The summed E-state index contributed by atoms with van der Waals surface area (Å²) in [5.74, 6) is 1.49. The molecule has 1 fully saturated rings. The molecule has 4 heterocycles. The van der Waals surface area contributed by atoms with E-state index in [1.165, 1.54) is 34.1 Å². The van der Waals surface area contributed by atoms with Gasteiger partial charge in [0.1, 0.15) is 11.3 Å². The highest BCUT2D eigenvalue weighted by atomic mass is 19.1. The predicted octanol–water partition coefficient (Wildman–Crippen LogP) is 2.97. The molecule has 0 radical (unpaired) electrons. The molecule has 160 valence electrons. The van der Waals surface area contributed by atoms with E-state index in [1.807, 2.05) is 0 Å². The van der Waals surface area contributed by atoms with Crippen molar-refractivity contribution in [1.29, 1.82) is 0 Å². The van der Waals surface area contributed by atoms with Gasteiger partial charge in [-0.2, -0.15) is 10.1 Å². The van der Waals surface area contributed by atoms with E-state index in [0.717, 1.165) is 24.6 Å². The first kappa shape index (κ1) is 19.6. The number of nitrogens with zero attached hydrogens (tertiary/aromatic N) is 6. The van der Waals surface area contributed by atoms with Crippen molar-refractivity contribution in [1.82, 2.24) is 29.2 Å². The Hall–Kier alpha value is -3.33. The van der Waals surface area contributed by atoms with Gasteiger partial charge in [0.25, 0.3) is 5.56 Å². The first-order valence-electron chi connectivity index (χ1n) is 10.4. The van der Waals surface area contributed by atoms with E-state index in [1.54, 1.807) is 30.6 Å². The summed E-state index contributed by atoms with van der Waals surface area (Å²) in [5, 5.41) is 8.47. The molecule has 1 aromatic carbocycles.